The minimum absolute atomic E-state index is 0.341. The molecule has 2 rings (SSSR count). The quantitative estimate of drug-likeness (QED) is 0.909. The maximum Gasteiger partial charge on any atom is 0.123 e. The molecule has 0 aliphatic heterocycles. The van der Waals surface area contributed by atoms with Crippen molar-refractivity contribution < 1.29 is 9.50 Å². The van der Waals surface area contributed by atoms with Crippen molar-refractivity contribution in [2.45, 2.75) is 6.10 Å². The second kappa shape index (κ2) is 7.16. The van der Waals surface area contributed by atoms with Crippen molar-refractivity contribution in [1.82, 2.24) is 4.90 Å². The van der Waals surface area contributed by atoms with Gasteiger partial charge in [-0.3, -0.25) is 0 Å². The monoisotopic (exact) mass is 285 g/mol. The lowest BCUT2D eigenvalue weighted by atomic mass is 9.94. The number of aliphatic hydroxyl groups is 1. The molecule has 1 unspecified atom stereocenters. The molecule has 2 nitrogen and oxygen atoms in total. The maximum atomic E-state index is 13.4. The molecule has 0 heterocycles. The molecule has 0 fully saturated rings. The first-order chi connectivity index (χ1) is 10.1. The Kier molecular flexibility index (Phi) is 5.26. The number of aliphatic hydroxyl groups excluding tert-OH is 1. The largest absolute Gasteiger partial charge is 0.384 e. The van der Waals surface area contributed by atoms with Crippen molar-refractivity contribution in [1.29, 1.82) is 0 Å². The summed E-state index contributed by atoms with van der Waals surface area (Å²) in [5.74, 6) is -0.341. The van der Waals surface area contributed by atoms with Crippen LogP contribution in [0.25, 0.3) is 5.57 Å². The standard InChI is InChI=1S/C18H20FNO/c1-20(2)12-11-17(14-7-4-3-5-8-14)18(21)15-9-6-10-16(19)13-15/h3-11,13,18,21H,12H2,1-2H3/b17-11-. The number of benzene rings is 2. The van der Waals surface area contributed by atoms with Crippen LogP contribution in [0.15, 0.2) is 60.7 Å². The smallest absolute Gasteiger partial charge is 0.123 e. The molecular weight excluding hydrogens is 265 g/mol. The van der Waals surface area contributed by atoms with E-state index in [-0.39, 0.29) is 5.82 Å². The van der Waals surface area contributed by atoms with Gasteiger partial charge in [0, 0.05) is 6.54 Å². The molecule has 0 radical (unpaired) electrons. The van der Waals surface area contributed by atoms with Gasteiger partial charge in [-0.2, -0.15) is 0 Å². The van der Waals surface area contributed by atoms with Crippen molar-refractivity contribution in [3.05, 3.63) is 77.6 Å². The molecule has 0 spiro atoms. The van der Waals surface area contributed by atoms with Crippen molar-refractivity contribution in [2.75, 3.05) is 20.6 Å². The Labute approximate surface area is 125 Å². The molecule has 3 heteroatoms. The molecule has 0 saturated carbocycles. The minimum Gasteiger partial charge on any atom is -0.384 e. The van der Waals surface area contributed by atoms with Crippen molar-refractivity contribution >= 4 is 5.57 Å². The molecule has 0 bridgehead atoms. The van der Waals surface area contributed by atoms with Gasteiger partial charge in [-0.15, -0.1) is 0 Å². The van der Waals surface area contributed by atoms with Crippen molar-refractivity contribution in [2.24, 2.45) is 0 Å². The summed E-state index contributed by atoms with van der Waals surface area (Å²) in [6.07, 6.45) is 1.13. The molecule has 0 aromatic heterocycles. The second-order valence-corrected chi connectivity index (χ2v) is 5.25. The van der Waals surface area contributed by atoms with E-state index < -0.39 is 6.10 Å². The fourth-order valence-corrected chi connectivity index (χ4v) is 2.16. The van der Waals surface area contributed by atoms with Crippen LogP contribution in [0.4, 0.5) is 4.39 Å². The zero-order chi connectivity index (χ0) is 15.2. The zero-order valence-electron chi connectivity index (χ0n) is 12.3. The lowest BCUT2D eigenvalue weighted by molar-refractivity contribution is 0.237. The minimum atomic E-state index is -0.844. The van der Waals surface area contributed by atoms with Gasteiger partial charge in [0.05, 0.1) is 0 Å². The number of nitrogens with zero attached hydrogens (tertiary/aromatic N) is 1. The van der Waals surface area contributed by atoms with E-state index in [0.717, 1.165) is 11.1 Å². The fraction of sp³-hybridized carbons (Fsp3) is 0.222. The summed E-state index contributed by atoms with van der Waals surface area (Å²) in [5.41, 5.74) is 2.29. The lowest BCUT2D eigenvalue weighted by Crippen LogP contribution is -2.12. The normalized spacial score (nSPS) is 13.5. The summed E-state index contributed by atoms with van der Waals surface area (Å²) in [6, 6.07) is 15.8. The SMILES string of the molecule is CN(C)C/C=C(/c1ccccc1)C(O)c1cccc(F)c1. The Bertz CT molecular complexity index is 608. The second-order valence-electron chi connectivity index (χ2n) is 5.25. The Balaban J connectivity index is 2.37. The number of likely N-dealkylation sites (N-methyl/N-ethyl adjacent to an activating group) is 1. The van der Waals surface area contributed by atoms with Crippen LogP contribution in [0.3, 0.4) is 0 Å². The highest BCUT2D eigenvalue weighted by atomic mass is 19.1. The lowest BCUT2D eigenvalue weighted by Gasteiger charge is -2.17. The third kappa shape index (κ3) is 4.25. The van der Waals surface area contributed by atoms with Gasteiger partial charge in [0.2, 0.25) is 0 Å². The summed E-state index contributed by atoms with van der Waals surface area (Å²) >= 11 is 0. The first-order valence-corrected chi connectivity index (χ1v) is 6.91. The van der Waals surface area contributed by atoms with Gasteiger partial charge >= 0.3 is 0 Å². The van der Waals surface area contributed by atoms with E-state index in [1.54, 1.807) is 12.1 Å². The van der Waals surface area contributed by atoms with E-state index in [1.165, 1.54) is 12.1 Å². The van der Waals surface area contributed by atoms with E-state index in [9.17, 15) is 9.50 Å². The molecule has 1 atom stereocenters. The van der Waals surface area contributed by atoms with E-state index in [4.69, 9.17) is 0 Å². The third-order valence-electron chi connectivity index (χ3n) is 3.24. The Morgan fingerprint density at radius 1 is 1.14 bits per heavy atom. The highest BCUT2D eigenvalue weighted by Crippen LogP contribution is 2.30. The summed E-state index contributed by atoms with van der Waals surface area (Å²) in [7, 11) is 3.93. The molecule has 21 heavy (non-hydrogen) atoms. The highest BCUT2D eigenvalue weighted by molar-refractivity contribution is 5.70. The molecular formula is C18H20FNO. The fourth-order valence-electron chi connectivity index (χ4n) is 2.16. The number of rotatable bonds is 5. The van der Waals surface area contributed by atoms with Gasteiger partial charge in [-0.1, -0.05) is 48.5 Å². The number of hydrogen-bond donors (Lipinski definition) is 1. The molecule has 2 aromatic carbocycles. The Morgan fingerprint density at radius 2 is 1.86 bits per heavy atom. The van der Waals surface area contributed by atoms with Gasteiger partial charge in [0.15, 0.2) is 0 Å². The van der Waals surface area contributed by atoms with Crippen molar-refractivity contribution in [3.63, 3.8) is 0 Å². The van der Waals surface area contributed by atoms with Gasteiger partial charge in [0.25, 0.3) is 0 Å². The van der Waals surface area contributed by atoms with Crippen LogP contribution in [0.2, 0.25) is 0 Å². The van der Waals surface area contributed by atoms with Gasteiger partial charge in [-0.25, -0.2) is 4.39 Å². The van der Waals surface area contributed by atoms with E-state index >= 15 is 0 Å². The first-order valence-electron chi connectivity index (χ1n) is 6.91. The van der Waals surface area contributed by atoms with Gasteiger partial charge in [0.1, 0.15) is 11.9 Å². The Hall–Kier alpha value is -1.97. The van der Waals surface area contributed by atoms with Crippen LogP contribution in [0.1, 0.15) is 17.2 Å². The van der Waals surface area contributed by atoms with Gasteiger partial charge in [-0.05, 0) is 42.9 Å². The molecule has 0 aliphatic rings. The van der Waals surface area contributed by atoms with E-state index in [1.807, 2.05) is 55.4 Å². The molecule has 0 aliphatic carbocycles. The van der Waals surface area contributed by atoms with Crippen molar-refractivity contribution in [3.8, 4) is 0 Å². The number of hydrogen-bond acceptors (Lipinski definition) is 2. The van der Waals surface area contributed by atoms with Crippen LogP contribution in [-0.2, 0) is 0 Å². The summed E-state index contributed by atoms with van der Waals surface area (Å²) in [5, 5.41) is 10.6. The average molecular weight is 285 g/mol. The maximum absolute atomic E-state index is 13.4. The van der Waals surface area contributed by atoms with Gasteiger partial charge < -0.3 is 10.0 Å². The molecule has 2 aromatic rings. The first kappa shape index (κ1) is 15.4. The average Bonchev–Trinajstić information content (AvgIpc) is 2.48. The van der Waals surface area contributed by atoms with Crippen LogP contribution in [0.5, 0.6) is 0 Å². The van der Waals surface area contributed by atoms with E-state index in [2.05, 4.69) is 0 Å². The zero-order valence-corrected chi connectivity index (χ0v) is 12.3. The summed E-state index contributed by atoms with van der Waals surface area (Å²) in [4.78, 5) is 2.02. The predicted octanol–water partition coefficient (Wildman–Crippen LogP) is 3.50. The topological polar surface area (TPSA) is 23.5 Å². The molecule has 1 N–H and O–H groups in total. The molecule has 110 valence electrons. The molecule has 0 amide bonds. The van der Waals surface area contributed by atoms with Crippen LogP contribution in [-0.4, -0.2) is 30.6 Å². The Morgan fingerprint density at radius 3 is 2.48 bits per heavy atom. The van der Waals surface area contributed by atoms with Crippen LogP contribution < -0.4 is 0 Å². The van der Waals surface area contributed by atoms with Crippen LogP contribution >= 0.6 is 0 Å². The predicted molar refractivity (Wildman–Crippen MR) is 84.3 cm³/mol. The van der Waals surface area contributed by atoms with E-state index in [0.29, 0.717) is 12.1 Å². The molecule has 0 saturated heterocycles. The summed E-state index contributed by atoms with van der Waals surface area (Å²) in [6.45, 7) is 0.705. The van der Waals surface area contributed by atoms with Crippen LogP contribution in [0, 0.1) is 5.82 Å². The summed E-state index contributed by atoms with van der Waals surface area (Å²) < 4.78 is 13.4. The number of halogens is 1. The third-order valence-corrected chi connectivity index (χ3v) is 3.24. The highest BCUT2D eigenvalue weighted by Gasteiger charge is 2.15.